The minimum absolute atomic E-state index is 0.205. The standard InChI is InChI=1S/C19H13ClN8S/c20-10-5-7-11(8-6-10)25-26-15-17(22)27-28-9-12(16(21)24-18(15)28)19-23-13-3-1-2-4-14(13)29-19/h1-9H,(H2,21,24)(H2,22,27). The molecule has 0 aliphatic carbocycles. The Morgan fingerprint density at radius 3 is 2.52 bits per heavy atom. The van der Waals surface area contributed by atoms with E-state index < -0.39 is 0 Å². The van der Waals surface area contributed by atoms with Crippen molar-refractivity contribution in [2.45, 2.75) is 0 Å². The number of hydrogen-bond acceptors (Lipinski definition) is 8. The van der Waals surface area contributed by atoms with Crippen LogP contribution in [0.3, 0.4) is 0 Å². The highest BCUT2D eigenvalue weighted by molar-refractivity contribution is 7.21. The molecule has 0 atom stereocenters. The monoisotopic (exact) mass is 420 g/mol. The van der Waals surface area contributed by atoms with Crippen LogP contribution in [0.15, 0.2) is 65.0 Å². The van der Waals surface area contributed by atoms with Gasteiger partial charge in [0.2, 0.25) is 0 Å². The molecule has 4 N–H and O–H groups in total. The lowest BCUT2D eigenvalue weighted by Gasteiger charge is -2.02. The van der Waals surface area contributed by atoms with Crippen molar-refractivity contribution in [3.05, 3.63) is 59.8 Å². The predicted molar refractivity (Wildman–Crippen MR) is 116 cm³/mol. The second-order valence-electron chi connectivity index (χ2n) is 6.21. The zero-order chi connectivity index (χ0) is 20.0. The smallest absolute Gasteiger partial charge is 0.187 e. The van der Waals surface area contributed by atoms with Gasteiger partial charge in [0.05, 0.1) is 21.5 Å². The van der Waals surface area contributed by atoms with E-state index in [0.29, 0.717) is 33.4 Å². The van der Waals surface area contributed by atoms with Crippen LogP contribution in [0.25, 0.3) is 26.4 Å². The number of anilines is 2. The highest BCUT2D eigenvalue weighted by Gasteiger charge is 2.17. The molecule has 29 heavy (non-hydrogen) atoms. The molecule has 0 aliphatic heterocycles. The minimum atomic E-state index is 0.205. The first kappa shape index (κ1) is 17.5. The Morgan fingerprint density at radius 1 is 0.931 bits per heavy atom. The number of thiazole rings is 1. The highest BCUT2D eigenvalue weighted by Crippen LogP contribution is 2.35. The summed E-state index contributed by atoms with van der Waals surface area (Å²) in [6.45, 7) is 0. The fraction of sp³-hybridized carbons (Fsp3) is 0. The van der Waals surface area contributed by atoms with Gasteiger partial charge in [0.1, 0.15) is 10.8 Å². The average molecular weight is 421 g/mol. The Bertz CT molecular complexity index is 1350. The van der Waals surface area contributed by atoms with Crippen LogP contribution >= 0.6 is 22.9 Å². The summed E-state index contributed by atoms with van der Waals surface area (Å²) in [5.41, 5.74) is 15.3. The maximum atomic E-state index is 6.23. The molecule has 0 saturated heterocycles. The van der Waals surface area contributed by atoms with Gasteiger partial charge < -0.3 is 11.5 Å². The summed E-state index contributed by atoms with van der Waals surface area (Å²) >= 11 is 7.43. The molecule has 0 unspecified atom stereocenters. The van der Waals surface area contributed by atoms with Gasteiger partial charge in [-0.2, -0.15) is 5.11 Å². The second-order valence-corrected chi connectivity index (χ2v) is 7.67. The molecule has 3 aromatic heterocycles. The molecule has 0 amide bonds. The summed E-state index contributed by atoms with van der Waals surface area (Å²) in [5, 5.41) is 14.1. The van der Waals surface area contributed by atoms with Gasteiger partial charge >= 0.3 is 0 Å². The number of azo groups is 1. The summed E-state index contributed by atoms with van der Waals surface area (Å²) in [6.07, 6.45) is 1.76. The van der Waals surface area contributed by atoms with Crippen molar-refractivity contribution in [3.63, 3.8) is 0 Å². The summed E-state index contributed by atoms with van der Waals surface area (Å²) in [6, 6.07) is 14.9. The zero-order valence-corrected chi connectivity index (χ0v) is 16.4. The molecule has 3 heterocycles. The Balaban J connectivity index is 1.58. The van der Waals surface area contributed by atoms with Gasteiger partial charge in [-0.05, 0) is 36.4 Å². The van der Waals surface area contributed by atoms with Crippen LogP contribution in [-0.4, -0.2) is 19.6 Å². The van der Waals surface area contributed by atoms with Gasteiger partial charge in [-0.15, -0.1) is 21.5 Å². The molecule has 2 aromatic carbocycles. The number of nitrogens with two attached hydrogens (primary N) is 2. The molecule has 10 heteroatoms. The molecule has 0 saturated carbocycles. The number of rotatable bonds is 3. The molecule has 8 nitrogen and oxygen atoms in total. The summed E-state index contributed by atoms with van der Waals surface area (Å²) in [4.78, 5) is 9.10. The number of nitrogens with zero attached hydrogens (tertiary/aromatic N) is 6. The molecular weight excluding hydrogens is 408 g/mol. The number of benzene rings is 2. The average Bonchev–Trinajstić information content (AvgIpc) is 3.27. The molecule has 0 aliphatic rings. The SMILES string of the molecule is Nc1nc2c(N=Nc3ccc(Cl)cc3)c(N)nn2cc1-c1nc2ccccc2s1. The number of aromatic nitrogens is 4. The first-order valence-corrected chi connectivity index (χ1v) is 9.75. The maximum absolute atomic E-state index is 6.23. The summed E-state index contributed by atoms with van der Waals surface area (Å²) in [7, 11) is 0. The molecule has 0 bridgehead atoms. The largest absolute Gasteiger partial charge is 0.383 e. The van der Waals surface area contributed by atoms with Gasteiger partial charge in [0, 0.05) is 11.2 Å². The van der Waals surface area contributed by atoms with E-state index in [1.165, 1.54) is 11.3 Å². The molecule has 5 aromatic rings. The van der Waals surface area contributed by atoms with Crippen LogP contribution < -0.4 is 11.5 Å². The molecule has 0 radical (unpaired) electrons. The first-order chi connectivity index (χ1) is 14.1. The Labute approximate surface area is 173 Å². The lowest BCUT2D eigenvalue weighted by Crippen LogP contribution is -1.99. The molecule has 5 rings (SSSR count). The van der Waals surface area contributed by atoms with Crippen molar-refractivity contribution in [1.82, 2.24) is 19.6 Å². The van der Waals surface area contributed by atoms with Crippen LogP contribution in [0.4, 0.5) is 23.0 Å². The fourth-order valence-corrected chi connectivity index (χ4v) is 3.96. The minimum Gasteiger partial charge on any atom is -0.383 e. The van der Waals surface area contributed by atoms with E-state index in [-0.39, 0.29) is 5.82 Å². The number of halogens is 1. The van der Waals surface area contributed by atoms with E-state index in [1.54, 1.807) is 35.0 Å². The molecule has 142 valence electrons. The summed E-state index contributed by atoms with van der Waals surface area (Å²) < 4.78 is 2.61. The van der Waals surface area contributed by atoms with Gasteiger partial charge in [0.15, 0.2) is 17.2 Å². The van der Waals surface area contributed by atoms with Crippen LogP contribution in [0.2, 0.25) is 5.02 Å². The number of fused-ring (bicyclic) bond motifs is 2. The molecular formula is C19H13ClN8S. The lowest BCUT2D eigenvalue weighted by atomic mass is 10.3. The Hall–Kier alpha value is -3.56. The van der Waals surface area contributed by atoms with Crippen molar-refractivity contribution >= 4 is 61.8 Å². The second kappa shape index (κ2) is 6.80. The number of para-hydroxylation sites is 1. The third kappa shape index (κ3) is 3.16. The third-order valence-corrected chi connectivity index (χ3v) is 5.58. The number of nitrogen functional groups attached to an aromatic ring is 2. The molecule has 0 spiro atoms. The number of hydrogen-bond donors (Lipinski definition) is 2. The predicted octanol–water partition coefficient (Wildman–Crippen LogP) is 5.24. The normalized spacial score (nSPS) is 11.8. The lowest BCUT2D eigenvalue weighted by molar-refractivity contribution is 0.949. The quantitative estimate of drug-likeness (QED) is 0.387. The molecule has 0 fully saturated rings. The van der Waals surface area contributed by atoms with E-state index in [0.717, 1.165) is 15.2 Å². The van der Waals surface area contributed by atoms with Crippen LogP contribution in [0.1, 0.15) is 0 Å². The van der Waals surface area contributed by atoms with Crippen LogP contribution in [-0.2, 0) is 0 Å². The zero-order valence-electron chi connectivity index (χ0n) is 14.8. The first-order valence-electron chi connectivity index (χ1n) is 8.56. The van der Waals surface area contributed by atoms with E-state index in [9.17, 15) is 0 Å². The van der Waals surface area contributed by atoms with Crippen molar-refractivity contribution in [2.24, 2.45) is 10.2 Å². The van der Waals surface area contributed by atoms with E-state index in [2.05, 4.69) is 25.3 Å². The van der Waals surface area contributed by atoms with Crippen molar-refractivity contribution in [2.75, 3.05) is 11.5 Å². The third-order valence-electron chi connectivity index (χ3n) is 4.26. The topological polar surface area (TPSA) is 120 Å². The fourth-order valence-electron chi connectivity index (χ4n) is 2.85. The van der Waals surface area contributed by atoms with Gasteiger partial charge in [0.25, 0.3) is 0 Å². The van der Waals surface area contributed by atoms with Crippen molar-refractivity contribution in [3.8, 4) is 10.6 Å². The van der Waals surface area contributed by atoms with Gasteiger partial charge in [-0.1, -0.05) is 23.7 Å². The van der Waals surface area contributed by atoms with Crippen molar-refractivity contribution < 1.29 is 0 Å². The van der Waals surface area contributed by atoms with E-state index in [1.807, 2.05) is 24.3 Å². The Morgan fingerprint density at radius 2 is 1.72 bits per heavy atom. The van der Waals surface area contributed by atoms with Gasteiger partial charge in [-0.25, -0.2) is 14.5 Å². The summed E-state index contributed by atoms with van der Waals surface area (Å²) in [5.74, 6) is 0.524. The van der Waals surface area contributed by atoms with E-state index >= 15 is 0 Å². The van der Waals surface area contributed by atoms with E-state index in [4.69, 9.17) is 23.1 Å². The Kier molecular flexibility index (Phi) is 4.11. The highest BCUT2D eigenvalue weighted by atomic mass is 35.5. The van der Waals surface area contributed by atoms with Crippen molar-refractivity contribution in [1.29, 1.82) is 0 Å². The van der Waals surface area contributed by atoms with Crippen LogP contribution in [0, 0.1) is 0 Å². The van der Waals surface area contributed by atoms with Gasteiger partial charge in [-0.3, -0.25) is 0 Å². The van der Waals surface area contributed by atoms with Crippen LogP contribution in [0.5, 0.6) is 0 Å². The maximum Gasteiger partial charge on any atom is 0.187 e.